The minimum absolute atomic E-state index is 0.176. The summed E-state index contributed by atoms with van der Waals surface area (Å²) >= 11 is 1.20. The van der Waals surface area contributed by atoms with Crippen LogP contribution in [0, 0.1) is 0 Å². The zero-order valence-electron chi connectivity index (χ0n) is 17.8. The van der Waals surface area contributed by atoms with Gasteiger partial charge < -0.3 is 4.74 Å². The van der Waals surface area contributed by atoms with Crippen LogP contribution in [0.15, 0.2) is 34.5 Å². The molecule has 0 unspecified atom stereocenters. The average Bonchev–Trinajstić information content (AvgIpc) is 3.40. The molecule has 4 rings (SSSR count). The van der Waals surface area contributed by atoms with E-state index in [-0.39, 0.29) is 11.3 Å². The molecular formula is C20H24N8OS. The van der Waals surface area contributed by atoms with Gasteiger partial charge in [0.25, 0.3) is 0 Å². The molecule has 0 aliphatic carbocycles. The molecule has 0 aliphatic heterocycles. The number of rotatable bonds is 5. The summed E-state index contributed by atoms with van der Waals surface area (Å²) in [6, 6.07) is 7.58. The first-order chi connectivity index (χ1) is 14.3. The van der Waals surface area contributed by atoms with Crippen LogP contribution in [0.25, 0.3) is 17.0 Å². The highest BCUT2D eigenvalue weighted by Gasteiger charge is 2.26. The maximum atomic E-state index is 5.19. The van der Waals surface area contributed by atoms with Crippen LogP contribution in [0.2, 0.25) is 0 Å². The number of hydrogen-bond acceptors (Lipinski definition) is 8. The average molecular weight is 425 g/mol. The smallest absolute Gasteiger partial charge is 0.249 e. The number of azo groups is 1. The van der Waals surface area contributed by atoms with E-state index >= 15 is 0 Å². The number of fused-ring (bicyclic) bond motifs is 1. The second kappa shape index (κ2) is 7.60. The number of aromatic nitrogens is 6. The number of ether oxygens (including phenoxy) is 1. The Kier molecular flexibility index (Phi) is 5.10. The van der Waals surface area contributed by atoms with E-state index in [1.165, 1.54) is 11.5 Å². The Morgan fingerprint density at radius 1 is 1.10 bits per heavy atom. The van der Waals surface area contributed by atoms with Gasteiger partial charge in [0.1, 0.15) is 5.75 Å². The first-order valence-corrected chi connectivity index (χ1v) is 10.4. The van der Waals surface area contributed by atoms with E-state index in [2.05, 4.69) is 69.4 Å². The van der Waals surface area contributed by atoms with Gasteiger partial charge in [0.05, 0.1) is 12.8 Å². The molecule has 30 heavy (non-hydrogen) atoms. The summed E-state index contributed by atoms with van der Waals surface area (Å²) < 4.78 is 11.3. The summed E-state index contributed by atoms with van der Waals surface area (Å²) in [6.45, 7) is 10.4. The van der Waals surface area contributed by atoms with E-state index < -0.39 is 0 Å². The highest BCUT2D eigenvalue weighted by atomic mass is 32.1. The van der Waals surface area contributed by atoms with Crippen LogP contribution in [0.1, 0.15) is 52.1 Å². The second-order valence-corrected chi connectivity index (χ2v) is 9.00. The van der Waals surface area contributed by atoms with Crippen LogP contribution in [-0.2, 0) is 5.41 Å². The lowest BCUT2D eigenvalue weighted by Crippen LogP contribution is -2.12. The van der Waals surface area contributed by atoms with Gasteiger partial charge in [0.15, 0.2) is 17.3 Å². The fourth-order valence-electron chi connectivity index (χ4n) is 2.90. The lowest BCUT2D eigenvalue weighted by atomic mass is 9.91. The highest BCUT2D eigenvalue weighted by molar-refractivity contribution is 7.09. The molecule has 0 atom stereocenters. The van der Waals surface area contributed by atoms with Gasteiger partial charge >= 0.3 is 0 Å². The SMILES string of the molecule is COc1ccc(-c2nsc(N=Nc3c(C(C)(C)C)[nH]n4nc(C(C)C)nc34)n2)cc1. The van der Waals surface area contributed by atoms with Crippen molar-refractivity contribution in [3.05, 3.63) is 35.8 Å². The van der Waals surface area contributed by atoms with Crippen molar-refractivity contribution in [2.75, 3.05) is 7.11 Å². The highest BCUT2D eigenvalue weighted by Crippen LogP contribution is 2.35. The summed E-state index contributed by atoms with van der Waals surface area (Å²) in [7, 11) is 1.64. The number of benzene rings is 1. The van der Waals surface area contributed by atoms with Gasteiger partial charge in [0, 0.05) is 28.4 Å². The molecule has 0 spiro atoms. The number of hydrogen-bond donors (Lipinski definition) is 1. The van der Waals surface area contributed by atoms with Gasteiger partial charge in [-0.1, -0.05) is 34.6 Å². The van der Waals surface area contributed by atoms with Crippen molar-refractivity contribution in [1.29, 1.82) is 0 Å². The molecule has 0 aliphatic rings. The molecule has 3 aromatic heterocycles. The minimum atomic E-state index is -0.176. The largest absolute Gasteiger partial charge is 0.497 e. The maximum absolute atomic E-state index is 5.19. The molecule has 0 saturated heterocycles. The van der Waals surface area contributed by atoms with Gasteiger partial charge in [-0.3, -0.25) is 5.10 Å². The zero-order valence-corrected chi connectivity index (χ0v) is 18.7. The summed E-state index contributed by atoms with van der Waals surface area (Å²) in [6.07, 6.45) is 0. The van der Waals surface area contributed by atoms with E-state index in [0.29, 0.717) is 22.3 Å². The van der Waals surface area contributed by atoms with E-state index in [4.69, 9.17) is 4.74 Å². The Morgan fingerprint density at radius 3 is 2.47 bits per heavy atom. The molecular weight excluding hydrogens is 400 g/mol. The molecule has 4 aromatic rings. The van der Waals surface area contributed by atoms with Crippen molar-refractivity contribution in [3.8, 4) is 17.1 Å². The third kappa shape index (κ3) is 3.82. The number of aromatic amines is 1. The Bertz CT molecular complexity index is 1190. The maximum Gasteiger partial charge on any atom is 0.249 e. The summed E-state index contributed by atoms with van der Waals surface area (Å²) in [5.41, 5.74) is 2.96. The van der Waals surface area contributed by atoms with Gasteiger partial charge in [-0.2, -0.15) is 14.0 Å². The van der Waals surface area contributed by atoms with Crippen LogP contribution >= 0.6 is 11.5 Å². The van der Waals surface area contributed by atoms with E-state index in [0.717, 1.165) is 22.8 Å². The van der Waals surface area contributed by atoms with Crippen molar-refractivity contribution in [2.45, 2.75) is 46.0 Å². The molecule has 0 amide bonds. The van der Waals surface area contributed by atoms with E-state index in [1.807, 2.05) is 24.3 Å². The van der Waals surface area contributed by atoms with Crippen LogP contribution in [0.4, 0.5) is 10.8 Å². The number of nitrogens with zero attached hydrogens (tertiary/aromatic N) is 7. The molecule has 9 nitrogen and oxygen atoms in total. The molecule has 0 fully saturated rings. The van der Waals surface area contributed by atoms with E-state index in [9.17, 15) is 0 Å². The Hall–Kier alpha value is -3.14. The first kappa shape index (κ1) is 20.1. The quantitative estimate of drug-likeness (QED) is 0.431. The number of methoxy groups -OCH3 is 1. The fraction of sp³-hybridized carbons (Fsp3) is 0.400. The Balaban J connectivity index is 1.68. The first-order valence-electron chi connectivity index (χ1n) is 9.65. The second-order valence-electron chi connectivity index (χ2n) is 8.27. The Labute approximate surface area is 178 Å². The normalized spacial score (nSPS) is 12.5. The third-order valence-corrected chi connectivity index (χ3v) is 5.16. The van der Waals surface area contributed by atoms with E-state index in [1.54, 1.807) is 11.7 Å². The van der Waals surface area contributed by atoms with Crippen molar-refractivity contribution in [1.82, 2.24) is 29.2 Å². The van der Waals surface area contributed by atoms with Crippen LogP contribution in [0.5, 0.6) is 5.75 Å². The van der Waals surface area contributed by atoms with Crippen molar-refractivity contribution in [2.24, 2.45) is 10.2 Å². The predicted molar refractivity (Wildman–Crippen MR) is 116 cm³/mol. The predicted octanol–water partition coefficient (Wildman–Crippen LogP) is 5.42. The zero-order chi connectivity index (χ0) is 21.5. The number of nitrogens with one attached hydrogen (secondary N) is 1. The standard InChI is InChI=1S/C20H24N8OS/c1-11(2)16-21-18-14(15(20(3,4)5)25-28(18)26-16)23-24-19-22-17(27-30-19)12-7-9-13(29-6)10-8-12/h7-11,25H,1-6H3. The Morgan fingerprint density at radius 2 is 1.83 bits per heavy atom. The molecule has 156 valence electrons. The van der Waals surface area contributed by atoms with Crippen molar-refractivity contribution < 1.29 is 4.74 Å². The van der Waals surface area contributed by atoms with Crippen LogP contribution in [-0.4, -0.2) is 36.3 Å². The monoisotopic (exact) mass is 424 g/mol. The molecule has 3 heterocycles. The van der Waals surface area contributed by atoms with Gasteiger partial charge in [-0.05, 0) is 24.3 Å². The molecule has 1 N–H and O–H groups in total. The van der Waals surface area contributed by atoms with Gasteiger partial charge in [-0.25, -0.2) is 4.98 Å². The topological polar surface area (TPSA) is 106 Å². The molecule has 10 heteroatoms. The molecule has 1 aromatic carbocycles. The lowest BCUT2D eigenvalue weighted by Gasteiger charge is -2.16. The summed E-state index contributed by atoms with van der Waals surface area (Å²) in [5, 5.41) is 17.2. The fourth-order valence-corrected chi connectivity index (χ4v) is 3.42. The molecule has 0 saturated carbocycles. The van der Waals surface area contributed by atoms with Gasteiger partial charge in [0.2, 0.25) is 10.8 Å². The van der Waals surface area contributed by atoms with Crippen LogP contribution in [0.3, 0.4) is 0 Å². The molecule has 0 bridgehead atoms. The van der Waals surface area contributed by atoms with Gasteiger partial charge in [-0.15, -0.1) is 15.3 Å². The third-order valence-electron chi connectivity index (χ3n) is 4.56. The number of H-pyrrole nitrogens is 1. The van der Waals surface area contributed by atoms with Crippen molar-refractivity contribution in [3.63, 3.8) is 0 Å². The summed E-state index contributed by atoms with van der Waals surface area (Å²) in [4.78, 5) is 9.14. The minimum Gasteiger partial charge on any atom is -0.497 e. The molecule has 0 radical (unpaired) electrons. The summed E-state index contributed by atoms with van der Waals surface area (Å²) in [5.74, 6) is 2.37. The van der Waals surface area contributed by atoms with Crippen LogP contribution < -0.4 is 4.74 Å². The van der Waals surface area contributed by atoms with Crippen molar-refractivity contribution >= 4 is 28.0 Å². The lowest BCUT2D eigenvalue weighted by molar-refractivity contribution is 0.415.